The number of halogens is 1. The molecule has 1 atom stereocenters. The second-order valence-electron chi connectivity index (χ2n) is 5.50. The standard InChI is InChI=1S/C16H22ClN3O3/c1-12(21)19-7-8-23-15(11-19)16(22)20(6-5-18)10-13-3-2-4-14(17)9-13/h2-4,9,15H,5-8,10-11,18H2,1H3. The minimum Gasteiger partial charge on any atom is -0.365 e. The van der Waals surface area contributed by atoms with Crippen molar-refractivity contribution < 1.29 is 14.3 Å². The molecule has 1 aliphatic heterocycles. The molecule has 0 saturated carbocycles. The molecule has 0 spiro atoms. The summed E-state index contributed by atoms with van der Waals surface area (Å²) in [6, 6.07) is 7.36. The summed E-state index contributed by atoms with van der Waals surface area (Å²) in [7, 11) is 0. The molecule has 2 amide bonds. The molecule has 1 aliphatic rings. The lowest BCUT2D eigenvalue weighted by atomic mass is 10.1. The molecule has 2 rings (SSSR count). The lowest BCUT2D eigenvalue weighted by Crippen LogP contribution is -2.52. The Kier molecular flexibility index (Phi) is 6.38. The molecule has 1 aromatic rings. The second-order valence-corrected chi connectivity index (χ2v) is 5.94. The van der Waals surface area contributed by atoms with E-state index in [1.807, 2.05) is 18.2 Å². The van der Waals surface area contributed by atoms with Gasteiger partial charge in [0.15, 0.2) is 6.10 Å². The van der Waals surface area contributed by atoms with Gasteiger partial charge in [-0.15, -0.1) is 0 Å². The number of nitrogens with zero attached hydrogens (tertiary/aromatic N) is 2. The Morgan fingerprint density at radius 3 is 2.91 bits per heavy atom. The third-order valence-electron chi connectivity index (χ3n) is 3.76. The van der Waals surface area contributed by atoms with Gasteiger partial charge in [0.2, 0.25) is 5.91 Å². The van der Waals surface area contributed by atoms with Gasteiger partial charge >= 0.3 is 0 Å². The SMILES string of the molecule is CC(=O)N1CCOC(C(=O)N(CCN)Cc2cccc(Cl)c2)C1. The zero-order valence-corrected chi connectivity index (χ0v) is 14.0. The van der Waals surface area contributed by atoms with Crippen LogP contribution in [0.4, 0.5) is 0 Å². The number of hydrogen-bond donors (Lipinski definition) is 1. The van der Waals surface area contributed by atoms with E-state index in [-0.39, 0.29) is 18.4 Å². The lowest BCUT2D eigenvalue weighted by molar-refractivity contribution is -0.154. The average Bonchev–Trinajstić information content (AvgIpc) is 2.54. The molecule has 0 aromatic heterocycles. The Bertz CT molecular complexity index is 567. The van der Waals surface area contributed by atoms with Crippen molar-refractivity contribution in [1.82, 2.24) is 9.80 Å². The van der Waals surface area contributed by atoms with Crippen LogP contribution in [-0.4, -0.2) is 60.5 Å². The maximum absolute atomic E-state index is 12.7. The Labute approximate surface area is 141 Å². The highest BCUT2D eigenvalue weighted by atomic mass is 35.5. The van der Waals surface area contributed by atoms with Crippen molar-refractivity contribution in [2.24, 2.45) is 5.73 Å². The third kappa shape index (κ3) is 4.92. The van der Waals surface area contributed by atoms with Crippen molar-refractivity contribution in [3.63, 3.8) is 0 Å². The van der Waals surface area contributed by atoms with Crippen molar-refractivity contribution >= 4 is 23.4 Å². The highest BCUT2D eigenvalue weighted by Gasteiger charge is 2.31. The van der Waals surface area contributed by atoms with Crippen LogP contribution in [0.5, 0.6) is 0 Å². The third-order valence-corrected chi connectivity index (χ3v) is 4.00. The summed E-state index contributed by atoms with van der Waals surface area (Å²) in [5.74, 6) is -0.201. The summed E-state index contributed by atoms with van der Waals surface area (Å²) in [6.45, 7) is 3.85. The Balaban J connectivity index is 2.07. The van der Waals surface area contributed by atoms with Crippen LogP contribution in [0.1, 0.15) is 12.5 Å². The van der Waals surface area contributed by atoms with Crippen LogP contribution in [0.2, 0.25) is 5.02 Å². The molecule has 1 heterocycles. The molecule has 6 nitrogen and oxygen atoms in total. The molecule has 126 valence electrons. The van der Waals surface area contributed by atoms with Crippen LogP contribution in [0.25, 0.3) is 0 Å². The predicted octanol–water partition coefficient (Wildman–Crippen LogP) is 0.875. The second kappa shape index (κ2) is 8.29. The van der Waals surface area contributed by atoms with E-state index < -0.39 is 6.10 Å². The summed E-state index contributed by atoms with van der Waals surface area (Å²) < 4.78 is 5.56. The smallest absolute Gasteiger partial charge is 0.253 e. The molecule has 2 N–H and O–H groups in total. The van der Waals surface area contributed by atoms with Gasteiger partial charge < -0.3 is 20.3 Å². The number of amides is 2. The molecular weight excluding hydrogens is 318 g/mol. The number of benzene rings is 1. The largest absolute Gasteiger partial charge is 0.365 e. The molecule has 23 heavy (non-hydrogen) atoms. The Hall–Kier alpha value is -1.63. The van der Waals surface area contributed by atoms with Crippen LogP contribution in [0.15, 0.2) is 24.3 Å². The lowest BCUT2D eigenvalue weighted by Gasteiger charge is -2.34. The van der Waals surface area contributed by atoms with E-state index in [4.69, 9.17) is 22.1 Å². The number of carbonyl (C=O) groups excluding carboxylic acids is 2. The van der Waals surface area contributed by atoms with Crippen molar-refractivity contribution in [1.29, 1.82) is 0 Å². The monoisotopic (exact) mass is 339 g/mol. The number of ether oxygens (including phenoxy) is 1. The molecule has 1 aromatic carbocycles. The first-order chi connectivity index (χ1) is 11.0. The van der Waals surface area contributed by atoms with Crippen molar-refractivity contribution in [3.8, 4) is 0 Å². The van der Waals surface area contributed by atoms with Crippen LogP contribution in [0.3, 0.4) is 0 Å². The van der Waals surface area contributed by atoms with Crippen LogP contribution >= 0.6 is 11.6 Å². The molecule has 1 unspecified atom stereocenters. The van der Waals surface area contributed by atoms with E-state index >= 15 is 0 Å². The quantitative estimate of drug-likeness (QED) is 0.864. The fraction of sp³-hybridized carbons (Fsp3) is 0.500. The molecule has 1 fully saturated rings. The summed E-state index contributed by atoms with van der Waals surface area (Å²) >= 11 is 5.99. The minimum atomic E-state index is -0.640. The summed E-state index contributed by atoms with van der Waals surface area (Å²) in [5.41, 5.74) is 6.56. The molecule has 0 aliphatic carbocycles. The van der Waals surface area contributed by atoms with E-state index in [9.17, 15) is 9.59 Å². The Morgan fingerprint density at radius 2 is 2.26 bits per heavy atom. The molecule has 0 radical (unpaired) electrons. The first-order valence-electron chi connectivity index (χ1n) is 7.61. The van der Waals surface area contributed by atoms with Crippen molar-refractivity contribution in [2.75, 3.05) is 32.8 Å². The van der Waals surface area contributed by atoms with Crippen molar-refractivity contribution in [2.45, 2.75) is 19.6 Å². The van der Waals surface area contributed by atoms with Crippen LogP contribution in [0, 0.1) is 0 Å². The van der Waals surface area contributed by atoms with E-state index in [1.54, 1.807) is 15.9 Å². The van der Waals surface area contributed by atoms with Gasteiger partial charge in [-0.3, -0.25) is 9.59 Å². The molecule has 0 bridgehead atoms. The maximum atomic E-state index is 12.7. The highest BCUT2D eigenvalue weighted by Crippen LogP contribution is 2.15. The number of morpholine rings is 1. The summed E-state index contributed by atoms with van der Waals surface area (Å²) in [4.78, 5) is 27.5. The first kappa shape index (κ1) is 17.7. The first-order valence-corrected chi connectivity index (χ1v) is 7.99. The summed E-state index contributed by atoms with van der Waals surface area (Å²) in [5, 5.41) is 0.624. The van der Waals surface area contributed by atoms with Gasteiger partial charge in [0.1, 0.15) is 0 Å². The number of rotatable bonds is 5. The number of hydrogen-bond acceptors (Lipinski definition) is 4. The van der Waals surface area contributed by atoms with E-state index in [1.165, 1.54) is 6.92 Å². The topological polar surface area (TPSA) is 75.9 Å². The van der Waals surface area contributed by atoms with Gasteiger partial charge in [0.25, 0.3) is 5.91 Å². The van der Waals surface area contributed by atoms with Gasteiger partial charge in [-0.25, -0.2) is 0 Å². The fourth-order valence-corrected chi connectivity index (χ4v) is 2.78. The van der Waals surface area contributed by atoms with Gasteiger partial charge in [0, 0.05) is 38.1 Å². The summed E-state index contributed by atoms with van der Waals surface area (Å²) in [6.07, 6.45) is -0.640. The van der Waals surface area contributed by atoms with Crippen LogP contribution < -0.4 is 5.73 Å². The van der Waals surface area contributed by atoms with Crippen LogP contribution in [-0.2, 0) is 20.9 Å². The molecule has 7 heteroatoms. The van der Waals surface area contributed by atoms with Crippen molar-refractivity contribution in [3.05, 3.63) is 34.9 Å². The van der Waals surface area contributed by atoms with E-state index in [2.05, 4.69) is 0 Å². The van der Waals surface area contributed by atoms with Gasteiger partial charge in [-0.2, -0.15) is 0 Å². The zero-order chi connectivity index (χ0) is 16.8. The van der Waals surface area contributed by atoms with Gasteiger partial charge in [0.05, 0.1) is 13.2 Å². The number of carbonyl (C=O) groups is 2. The predicted molar refractivity (Wildman–Crippen MR) is 87.9 cm³/mol. The molecular formula is C16H22ClN3O3. The normalized spacial score (nSPS) is 17.9. The van der Waals surface area contributed by atoms with Gasteiger partial charge in [-0.05, 0) is 17.7 Å². The Morgan fingerprint density at radius 1 is 1.48 bits per heavy atom. The van der Waals surface area contributed by atoms with E-state index in [0.29, 0.717) is 37.8 Å². The fourth-order valence-electron chi connectivity index (χ4n) is 2.57. The highest BCUT2D eigenvalue weighted by molar-refractivity contribution is 6.30. The minimum absolute atomic E-state index is 0.0497. The molecule has 1 saturated heterocycles. The average molecular weight is 340 g/mol. The van der Waals surface area contributed by atoms with Gasteiger partial charge in [-0.1, -0.05) is 23.7 Å². The zero-order valence-electron chi connectivity index (χ0n) is 13.2. The maximum Gasteiger partial charge on any atom is 0.253 e. The number of nitrogens with two attached hydrogens (primary N) is 1. The van der Waals surface area contributed by atoms with E-state index in [0.717, 1.165) is 5.56 Å².